The molecule has 1 aromatic rings. The van der Waals surface area contributed by atoms with Gasteiger partial charge in [-0.25, -0.2) is 0 Å². The minimum atomic E-state index is -4.99. The maximum Gasteiger partial charge on any atom is 0.574 e. The van der Waals surface area contributed by atoms with Crippen molar-refractivity contribution in [3.63, 3.8) is 0 Å². The molecule has 0 atom stereocenters. The Balaban J connectivity index is 3.27. The van der Waals surface area contributed by atoms with Crippen LogP contribution in [0.3, 0.4) is 0 Å². The maximum absolute atomic E-state index is 12.1. The van der Waals surface area contributed by atoms with Gasteiger partial charge in [-0.3, -0.25) is 4.79 Å². The van der Waals surface area contributed by atoms with Gasteiger partial charge in [0.15, 0.2) is 0 Å². The highest BCUT2D eigenvalue weighted by molar-refractivity contribution is 5.72. The van der Waals surface area contributed by atoms with Gasteiger partial charge in [0.2, 0.25) is 5.88 Å². The number of hydrogen-bond donors (Lipinski definition) is 3. The van der Waals surface area contributed by atoms with Gasteiger partial charge in [0, 0.05) is 12.1 Å². The van der Waals surface area contributed by atoms with Crippen molar-refractivity contribution in [2.45, 2.75) is 19.3 Å². The van der Waals surface area contributed by atoms with Crippen molar-refractivity contribution in [1.82, 2.24) is 4.98 Å². The Morgan fingerprint density at radius 3 is 2.56 bits per heavy atom. The van der Waals surface area contributed by atoms with Crippen molar-refractivity contribution < 1.29 is 27.8 Å². The standard InChI is InChI=1S/C9H10F3N3O3/c10-9(11,12)18-8-5(2-7(16)17)4(3-13)1-6(14)15-8/h1H,2-3,13H2,(H2,14,15)(H,16,17). The number of hydrogen-bond acceptors (Lipinski definition) is 5. The summed E-state index contributed by atoms with van der Waals surface area (Å²) >= 11 is 0. The van der Waals surface area contributed by atoms with Crippen molar-refractivity contribution in [2.24, 2.45) is 5.73 Å². The van der Waals surface area contributed by atoms with Gasteiger partial charge < -0.3 is 21.3 Å². The summed E-state index contributed by atoms with van der Waals surface area (Å²) in [6.07, 6.45) is -5.68. The van der Waals surface area contributed by atoms with Crippen molar-refractivity contribution in [3.05, 3.63) is 17.2 Å². The first kappa shape index (κ1) is 14.0. The number of nitrogens with zero attached hydrogens (tertiary/aromatic N) is 1. The lowest BCUT2D eigenvalue weighted by Gasteiger charge is -2.14. The van der Waals surface area contributed by atoms with E-state index in [9.17, 15) is 18.0 Å². The number of carboxylic acids is 1. The maximum atomic E-state index is 12.1. The van der Waals surface area contributed by atoms with Gasteiger partial charge in [-0.1, -0.05) is 0 Å². The molecule has 100 valence electrons. The SMILES string of the molecule is NCc1cc(N)nc(OC(F)(F)F)c1CC(=O)O. The highest BCUT2D eigenvalue weighted by atomic mass is 19.4. The lowest BCUT2D eigenvalue weighted by atomic mass is 10.1. The van der Waals surface area contributed by atoms with E-state index in [1.807, 2.05) is 0 Å². The predicted octanol–water partition coefficient (Wildman–Crippen LogP) is 0.648. The highest BCUT2D eigenvalue weighted by Gasteiger charge is 2.33. The molecule has 0 fully saturated rings. The van der Waals surface area contributed by atoms with Crippen LogP contribution in [0.2, 0.25) is 0 Å². The molecule has 0 aromatic carbocycles. The zero-order valence-electron chi connectivity index (χ0n) is 8.99. The summed E-state index contributed by atoms with van der Waals surface area (Å²) in [7, 11) is 0. The van der Waals surface area contributed by atoms with E-state index in [1.165, 1.54) is 6.07 Å². The number of alkyl halides is 3. The first-order chi connectivity index (χ1) is 8.23. The van der Waals surface area contributed by atoms with Crippen LogP contribution in [0.4, 0.5) is 19.0 Å². The molecular weight excluding hydrogens is 255 g/mol. The molecule has 0 saturated carbocycles. The van der Waals surface area contributed by atoms with Gasteiger partial charge in [-0.05, 0) is 11.6 Å². The first-order valence-electron chi connectivity index (χ1n) is 4.69. The zero-order chi connectivity index (χ0) is 13.9. The average molecular weight is 265 g/mol. The minimum absolute atomic E-state index is 0.143. The predicted molar refractivity (Wildman–Crippen MR) is 54.6 cm³/mol. The zero-order valence-corrected chi connectivity index (χ0v) is 8.99. The number of halogens is 3. The van der Waals surface area contributed by atoms with E-state index >= 15 is 0 Å². The van der Waals surface area contributed by atoms with Gasteiger partial charge >= 0.3 is 12.3 Å². The molecule has 0 radical (unpaired) electrons. The van der Waals surface area contributed by atoms with Gasteiger partial charge in [-0.15, -0.1) is 13.2 Å². The number of nitrogens with two attached hydrogens (primary N) is 2. The molecule has 0 aliphatic rings. The van der Waals surface area contributed by atoms with Crippen molar-refractivity contribution in [2.75, 3.05) is 5.73 Å². The Morgan fingerprint density at radius 1 is 1.50 bits per heavy atom. The smallest absolute Gasteiger partial charge is 0.481 e. The molecule has 0 saturated heterocycles. The Bertz CT molecular complexity index is 462. The molecule has 9 heteroatoms. The Labute approximate surface area is 99.4 Å². The Morgan fingerprint density at radius 2 is 2.11 bits per heavy atom. The molecule has 0 spiro atoms. The lowest BCUT2D eigenvalue weighted by Crippen LogP contribution is -2.21. The summed E-state index contributed by atoms with van der Waals surface area (Å²) in [6, 6.07) is 1.21. The third kappa shape index (κ3) is 3.77. The lowest BCUT2D eigenvalue weighted by molar-refractivity contribution is -0.276. The van der Waals surface area contributed by atoms with Gasteiger partial charge in [0.05, 0.1) is 6.42 Å². The van der Waals surface area contributed by atoms with Crippen LogP contribution in [0.5, 0.6) is 5.88 Å². The van der Waals surface area contributed by atoms with E-state index in [-0.39, 0.29) is 23.5 Å². The van der Waals surface area contributed by atoms with Crippen LogP contribution in [0.1, 0.15) is 11.1 Å². The molecule has 1 rings (SSSR count). The molecule has 1 heterocycles. The van der Waals surface area contributed by atoms with Gasteiger partial charge in [0.1, 0.15) is 5.82 Å². The number of rotatable bonds is 4. The number of carboxylic acid groups (broad SMARTS) is 1. The molecule has 0 unspecified atom stereocenters. The molecule has 5 N–H and O–H groups in total. The molecule has 0 bridgehead atoms. The second-order valence-electron chi connectivity index (χ2n) is 3.31. The molecule has 6 nitrogen and oxygen atoms in total. The van der Waals surface area contributed by atoms with E-state index in [0.717, 1.165) is 0 Å². The van der Waals surface area contributed by atoms with E-state index < -0.39 is 24.6 Å². The number of aromatic nitrogens is 1. The quantitative estimate of drug-likeness (QED) is 0.736. The Hall–Kier alpha value is -2.03. The number of nitrogen functional groups attached to an aromatic ring is 1. The van der Waals surface area contributed by atoms with E-state index in [1.54, 1.807) is 0 Å². The fourth-order valence-electron chi connectivity index (χ4n) is 1.34. The second kappa shape index (κ2) is 5.08. The number of anilines is 1. The van der Waals surface area contributed by atoms with Crippen LogP contribution in [0.25, 0.3) is 0 Å². The number of ether oxygens (including phenoxy) is 1. The van der Waals surface area contributed by atoms with Crippen LogP contribution in [-0.4, -0.2) is 22.4 Å². The van der Waals surface area contributed by atoms with E-state index in [0.29, 0.717) is 0 Å². The second-order valence-corrected chi connectivity index (χ2v) is 3.31. The number of carbonyl (C=O) groups is 1. The third-order valence-electron chi connectivity index (χ3n) is 1.96. The van der Waals surface area contributed by atoms with Crippen LogP contribution < -0.4 is 16.2 Å². The molecule has 0 aliphatic carbocycles. The summed E-state index contributed by atoms with van der Waals surface area (Å²) in [5.74, 6) is -2.45. The topological polar surface area (TPSA) is 111 Å². The Kier molecular flexibility index (Phi) is 3.96. The summed E-state index contributed by atoms with van der Waals surface area (Å²) < 4.78 is 40.1. The van der Waals surface area contributed by atoms with Crippen molar-refractivity contribution >= 4 is 11.8 Å². The first-order valence-corrected chi connectivity index (χ1v) is 4.69. The fourth-order valence-corrected chi connectivity index (χ4v) is 1.34. The number of aliphatic carboxylic acids is 1. The molecule has 1 aromatic heterocycles. The molecule has 0 amide bonds. The van der Waals surface area contributed by atoms with Crippen molar-refractivity contribution in [3.8, 4) is 5.88 Å². The molecular formula is C9H10F3N3O3. The van der Waals surface area contributed by atoms with Crippen molar-refractivity contribution in [1.29, 1.82) is 0 Å². The summed E-state index contributed by atoms with van der Waals surface area (Å²) in [6.45, 7) is -0.177. The van der Waals surface area contributed by atoms with Gasteiger partial charge in [-0.2, -0.15) is 4.98 Å². The largest absolute Gasteiger partial charge is 0.574 e. The van der Waals surface area contributed by atoms with E-state index in [4.69, 9.17) is 16.6 Å². The monoisotopic (exact) mass is 265 g/mol. The average Bonchev–Trinajstić information content (AvgIpc) is 2.18. The fraction of sp³-hybridized carbons (Fsp3) is 0.333. The molecule has 0 aliphatic heterocycles. The normalized spacial score (nSPS) is 11.3. The van der Waals surface area contributed by atoms with Crippen LogP contribution in [0.15, 0.2) is 6.07 Å². The summed E-state index contributed by atoms with van der Waals surface area (Å²) in [4.78, 5) is 13.9. The number of pyridine rings is 1. The summed E-state index contributed by atoms with van der Waals surface area (Å²) in [5.41, 5.74) is 10.5. The van der Waals surface area contributed by atoms with Crippen LogP contribution in [-0.2, 0) is 17.8 Å². The minimum Gasteiger partial charge on any atom is -0.481 e. The summed E-state index contributed by atoms with van der Waals surface area (Å²) in [5, 5.41) is 8.64. The van der Waals surface area contributed by atoms with Crippen LogP contribution >= 0.6 is 0 Å². The van der Waals surface area contributed by atoms with Crippen LogP contribution in [0, 0.1) is 0 Å². The highest BCUT2D eigenvalue weighted by Crippen LogP contribution is 2.28. The molecule has 18 heavy (non-hydrogen) atoms. The van der Waals surface area contributed by atoms with Gasteiger partial charge in [0.25, 0.3) is 0 Å². The van der Waals surface area contributed by atoms with E-state index in [2.05, 4.69) is 9.72 Å². The third-order valence-corrected chi connectivity index (χ3v) is 1.96.